The van der Waals surface area contributed by atoms with E-state index >= 15 is 0 Å². The van der Waals surface area contributed by atoms with Gasteiger partial charge >= 0.3 is 12.1 Å². The first-order valence-corrected chi connectivity index (χ1v) is 10.3. The lowest BCUT2D eigenvalue weighted by molar-refractivity contribution is -0.140. The van der Waals surface area contributed by atoms with Crippen molar-refractivity contribution < 1.29 is 29.0 Å². The fraction of sp³-hybridized carbons (Fsp3) is 0.476. The van der Waals surface area contributed by atoms with Gasteiger partial charge in [0.15, 0.2) is 0 Å². The first-order valence-electron chi connectivity index (χ1n) is 10.3. The van der Waals surface area contributed by atoms with Crippen LogP contribution < -0.4 is 15.5 Å². The van der Waals surface area contributed by atoms with Gasteiger partial charge in [0.1, 0.15) is 6.04 Å². The second-order valence-corrected chi connectivity index (χ2v) is 7.22. The maximum absolute atomic E-state index is 12.4. The minimum absolute atomic E-state index is 0.0854. The third-order valence-corrected chi connectivity index (χ3v) is 4.84. The van der Waals surface area contributed by atoms with E-state index in [0.29, 0.717) is 25.1 Å². The van der Waals surface area contributed by atoms with Crippen LogP contribution >= 0.6 is 0 Å². The van der Waals surface area contributed by atoms with Gasteiger partial charge in [-0.05, 0) is 30.7 Å². The van der Waals surface area contributed by atoms with E-state index in [9.17, 15) is 24.3 Å². The van der Waals surface area contributed by atoms with E-state index in [-0.39, 0.29) is 32.1 Å². The van der Waals surface area contributed by atoms with E-state index in [4.69, 9.17) is 10.00 Å². The summed E-state index contributed by atoms with van der Waals surface area (Å²) in [6.07, 6.45) is 0.620. The number of unbranched alkanes of at least 4 members (excludes halogenated alkanes) is 1. The molecule has 0 saturated carbocycles. The molecule has 0 spiro atoms. The highest BCUT2D eigenvalue weighted by atomic mass is 16.5. The van der Waals surface area contributed by atoms with Crippen molar-refractivity contribution in [3.8, 4) is 6.07 Å². The largest absolute Gasteiger partial charge is 0.480 e. The van der Waals surface area contributed by atoms with Crippen LogP contribution in [0.5, 0.6) is 0 Å². The number of nitrogens with one attached hydrogen (secondary N) is 2. The summed E-state index contributed by atoms with van der Waals surface area (Å²) in [5.41, 5.74) is 1.33. The van der Waals surface area contributed by atoms with Gasteiger partial charge in [0.2, 0.25) is 11.8 Å². The van der Waals surface area contributed by atoms with E-state index in [0.717, 1.165) is 12.1 Å². The van der Waals surface area contributed by atoms with Gasteiger partial charge in [0.05, 0.1) is 31.3 Å². The predicted molar refractivity (Wildman–Crippen MR) is 114 cm³/mol. The van der Waals surface area contributed by atoms with Crippen molar-refractivity contribution >= 4 is 29.6 Å². The summed E-state index contributed by atoms with van der Waals surface area (Å²) in [6.45, 7) is 2.46. The molecular formula is C21H27N5O6. The zero-order valence-corrected chi connectivity index (χ0v) is 17.9. The Morgan fingerprint density at radius 3 is 2.56 bits per heavy atom. The van der Waals surface area contributed by atoms with Gasteiger partial charge < -0.3 is 30.3 Å². The van der Waals surface area contributed by atoms with Crippen LogP contribution in [0, 0.1) is 11.3 Å². The highest BCUT2D eigenvalue weighted by Gasteiger charge is 2.27. The van der Waals surface area contributed by atoms with Gasteiger partial charge in [-0.2, -0.15) is 5.26 Å². The van der Waals surface area contributed by atoms with Crippen LogP contribution in [-0.2, 0) is 19.1 Å². The van der Waals surface area contributed by atoms with Crippen LogP contribution in [0.25, 0.3) is 0 Å². The molecule has 1 aliphatic heterocycles. The molecule has 3 N–H and O–H groups in total. The number of alkyl carbamates (subject to hydrolysis) is 1. The third kappa shape index (κ3) is 7.46. The lowest BCUT2D eigenvalue weighted by Gasteiger charge is -2.35. The summed E-state index contributed by atoms with van der Waals surface area (Å²) >= 11 is 0. The van der Waals surface area contributed by atoms with Crippen molar-refractivity contribution in [3.05, 3.63) is 29.8 Å². The minimum atomic E-state index is -1.35. The van der Waals surface area contributed by atoms with E-state index < -0.39 is 24.0 Å². The summed E-state index contributed by atoms with van der Waals surface area (Å²) in [7, 11) is 0. The predicted octanol–water partition coefficient (Wildman–Crippen LogP) is 0.303. The lowest BCUT2D eigenvalue weighted by Crippen LogP contribution is -2.54. The molecule has 1 aromatic carbocycles. The fourth-order valence-corrected chi connectivity index (χ4v) is 2.98. The summed E-state index contributed by atoms with van der Waals surface area (Å²) in [5.74, 6) is -2.09. The fourth-order valence-electron chi connectivity index (χ4n) is 2.98. The quantitative estimate of drug-likeness (QED) is 0.435. The molecule has 0 aliphatic carbocycles. The number of carboxylic acids is 1. The summed E-state index contributed by atoms with van der Waals surface area (Å²) in [6, 6.07) is 7.56. The number of hydrogen-bond donors (Lipinski definition) is 3. The van der Waals surface area contributed by atoms with Crippen molar-refractivity contribution in [1.29, 1.82) is 5.26 Å². The zero-order valence-electron chi connectivity index (χ0n) is 17.9. The number of nitrogens with zero attached hydrogens (tertiary/aromatic N) is 3. The normalized spacial score (nSPS) is 14.3. The van der Waals surface area contributed by atoms with Crippen LogP contribution in [-0.4, -0.2) is 79.3 Å². The SMILES string of the molecule is CCCCOC(=O)N[C@@H](CNC(=O)CN1CCN(c2ccc(C#N)cc2)CC1=O)C(=O)O. The number of ether oxygens (including phenoxy) is 1. The molecule has 0 unspecified atom stereocenters. The van der Waals surface area contributed by atoms with Crippen LogP contribution in [0.3, 0.4) is 0 Å². The van der Waals surface area contributed by atoms with E-state index in [2.05, 4.69) is 10.6 Å². The van der Waals surface area contributed by atoms with Gasteiger partial charge in [-0.1, -0.05) is 13.3 Å². The number of nitriles is 1. The number of carboxylic acid groups (broad SMARTS) is 1. The highest BCUT2D eigenvalue weighted by Crippen LogP contribution is 2.17. The van der Waals surface area contributed by atoms with Crippen LogP contribution in [0.4, 0.5) is 10.5 Å². The number of rotatable bonds is 10. The molecule has 32 heavy (non-hydrogen) atoms. The standard InChI is InChI=1S/C21H27N5O6/c1-2-3-10-32-21(31)24-17(20(29)30)12-23-18(27)13-26-9-8-25(14-19(26)28)16-6-4-15(11-22)5-7-16/h4-7,17H,2-3,8-10,12-14H2,1H3,(H,23,27)(H,24,31)(H,29,30)/t17-/m0/s1. The molecule has 1 atom stereocenters. The Hall–Kier alpha value is -3.81. The lowest BCUT2D eigenvalue weighted by atomic mass is 10.2. The molecule has 1 aliphatic rings. The number of benzene rings is 1. The summed E-state index contributed by atoms with van der Waals surface area (Å²) in [5, 5.41) is 22.7. The molecule has 0 bridgehead atoms. The Bertz CT molecular complexity index is 866. The molecular weight excluding hydrogens is 418 g/mol. The van der Waals surface area contributed by atoms with Gasteiger partial charge in [0, 0.05) is 25.3 Å². The Morgan fingerprint density at radius 1 is 1.25 bits per heavy atom. The van der Waals surface area contributed by atoms with Crippen molar-refractivity contribution in [3.63, 3.8) is 0 Å². The zero-order chi connectivity index (χ0) is 23.5. The summed E-state index contributed by atoms with van der Waals surface area (Å²) in [4.78, 5) is 50.9. The van der Waals surface area contributed by atoms with Gasteiger partial charge in [0.25, 0.3) is 0 Å². The summed E-state index contributed by atoms with van der Waals surface area (Å²) < 4.78 is 4.87. The number of carbonyl (C=O) groups is 4. The van der Waals surface area contributed by atoms with E-state index in [1.54, 1.807) is 24.3 Å². The number of hydrogen-bond acceptors (Lipinski definition) is 7. The van der Waals surface area contributed by atoms with Crippen LogP contribution in [0.2, 0.25) is 0 Å². The maximum atomic E-state index is 12.4. The number of anilines is 1. The molecule has 1 saturated heterocycles. The van der Waals surface area contributed by atoms with Crippen LogP contribution in [0.15, 0.2) is 24.3 Å². The molecule has 0 radical (unpaired) electrons. The Balaban J connectivity index is 1.79. The molecule has 3 amide bonds. The highest BCUT2D eigenvalue weighted by molar-refractivity contribution is 5.88. The smallest absolute Gasteiger partial charge is 0.407 e. The molecule has 11 heteroatoms. The van der Waals surface area contributed by atoms with Gasteiger partial charge in [-0.25, -0.2) is 9.59 Å². The van der Waals surface area contributed by atoms with E-state index in [1.807, 2.05) is 17.9 Å². The molecule has 1 heterocycles. The molecule has 2 rings (SSSR count). The molecule has 172 valence electrons. The number of aliphatic carboxylic acids is 1. The molecule has 1 aromatic rings. The van der Waals surface area contributed by atoms with Crippen molar-refractivity contribution in [2.75, 3.05) is 44.2 Å². The number of piperazine rings is 1. The number of amides is 3. The van der Waals surface area contributed by atoms with Crippen molar-refractivity contribution in [2.24, 2.45) is 0 Å². The van der Waals surface area contributed by atoms with Gasteiger partial charge in [-0.3, -0.25) is 9.59 Å². The first kappa shape index (κ1) is 24.5. The topological polar surface area (TPSA) is 152 Å². The van der Waals surface area contributed by atoms with Crippen molar-refractivity contribution in [1.82, 2.24) is 15.5 Å². The Labute approximate surface area is 185 Å². The number of carbonyl (C=O) groups excluding carboxylic acids is 3. The monoisotopic (exact) mass is 445 g/mol. The minimum Gasteiger partial charge on any atom is -0.480 e. The average molecular weight is 445 g/mol. The molecule has 0 aromatic heterocycles. The second kappa shape index (κ2) is 12.1. The average Bonchev–Trinajstić information content (AvgIpc) is 2.78. The maximum Gasteiger partial charge on any atom is 0.407 e. The van der Waals surface area contributed by atoms with E-state index in [1.165, 1.54) is 4.90 Å². The second-order valence-electron chi connectivity index (χ2n) is 7.22. The Kier molecular flexibility index (Phi) is 9.28. The molecule has 1 fully saturated rings. The van der Waals surface area contributed by atoms with Gasteiger partial charge in [-0.15, -0.1) is 0 Å². The Morgan fingerprint density at radius 2 is 1.97 bits per heavy atom. The first-order chi connectivity index (χ1) is 15.3. The van der Waals surface area contributed by atoms with Crippen molar-refractivity contribution in [2.45, 2.75) is 25.8 Å². The molecule has 11 nitrogen and oxygen atoms in total. The third-order valence-electron chi connectivity index (χ3n) is 4.84. The van der Waals surface area contributed by atoms with Crippen LogP contribution in [0.1, 0.15) is 25.3 Å².